The summed E-state index contributed by atoms with van der Waals surface area (Å²) in [7, 11) is 1.22. The highest BCUT2D eigenvalue weighted by Gasteiger charge is 2.54. The van der Waals surface area contributed by atoms with Gasteiger partial charge in [0.2, 0.25) is 5.71 Å². The fourth-order valence-electron chi connectivity index (χ4n) is 3.19. The number of β-lactam (4-membered cyclic amide) rings is 1. The second kappa shape index (κ2) is 10.1. The van der Waals surface area contributed by atoms with Crippen molar-refractivity contribution in [2.24, 2.45) is 5.16 Å². The van der Waals surface area contributed by atoms with E-state index in [1.807, 2.05) is 0 Å². The minimum atomic E-state index is -1.22. The number of carbonyl (C=O) groups is 3. The van der Waals surface area contributed by atoms with Crippen molar-refractivity contribution in [3.63, 3.8) is 0 Å². The molecule has 4 N–H and O–H groups in total. The minimum Gasteiger partial charge on any atom is -0.477 e. The Labute approximate surface area is 209 Å². The van der Waals surface area contributed by atoms with Crippen molar-refractivity contribution in [3.05, 3.63) is 33.8 Å². The van der Waals surface area contributed by atoms with E-state index in [0.717, 1.165) is 0 Å². The summed E-state index contributed by atoms with van der Waals surface area (Å²) in [5.74, 6) is -2.07. The van der Waals surface area contributed by atoms with E-state index in [1.54, 1.807) is 5.51 Å². The number of thioether (sulfide) groups is 2. The molecule has 1 unspecified atom stereocenters. The quantitative estimate of drug-likeness (QED) is 0.138. The first-order chi connectivity index (χ1) is 16.3. The van der Waals surface area contributed by atoms with Crippen molar-refractivity contribution in [2.45, 2.75) is 15.8 Å². The van der Waals surface area contributed by atoms with E-state index < -0.39 is 29.2 Å². The smallest absolute Gasteiger partial charge is 0.352 e. The number of fused-ring (bicyclic) bond motifs is 1. The predicted octanol–water partition coefficient (Wildman–Crippen LogP) is 0.445. The number of nitrogen functional groups attached to an aromatic ring is 1. The van der Waals surface area contributed by atoms with Crippen LogP contribution in [-0.2, 0) is 19.2 Å². The first-order valence-electron chi connectivity index (χ1n) is 9.31. The van der Waals surface area contributed by atoms with E-state index >= 15 is 0 Å². The fraction of sp³-hybridized carbons (Fsp3) is 0.294. The number of nitrogens with one attached hydrogen (secondary N) is 1. The third kappa shape index (κ3) is 4.79. The highest BCUT2D eigenvalue weighted by atomic mass is 35.5. The Morgan fingerprint density at radius 1 is 1.47 bits per heavy atom. The van der Waals surface area contributed by atoms with Gasteiger partial charge in [0.15, 0.2) is 10.2 Å². The van der Waals surface area contributed by atoms with E-state index in [1.165, 1.54) is 52.9 Å². The van der Waals surface area contributed by atoms with E-state index in [9.17, 15) is 19.5 Å². The van der Waals surface area contributed by atoms with Crippen LogP contribution in [0.3, 0.4) is 0 Å². The number of hydrogen-bond donors (Lipinski definition) is 3. The summed E-state index contributed by atoms with van der Waals surface area (Å²) in [6.45, 7) is 0. The number of hydrogen-bond acceptors (Lipinski definition) is 13. The maximum absolute atomic E-state index is 12.9. The number of rotatable bonds is 8. The highest BCUT2D eigenvalue weighted by Crippen LogP contribution is 2.41. The lowest BCUT2D eigenvalue weighted by Crippen LogP contribution is -2.71. The Hall–Kier alpha value is -2.95. The second-order valence-corrected chi connectivity index (χ2v) is 10.2. The Bertz CT molecular complexity index is 1190. The van der Waals surface area contributed by atoms with Gasteiger partial charge in [-0.05, 0) is 5.57 Å². The van der Waals surface area contributed by atoms with E-state index in [-0.39, 0.29) is 28.2 Å². The van der Waals surface area contributed by atoms with E-state index in [0.29, 0.717) is 21.4 Å². The molecule has 0 aliphatic carbocycles. The Balaban J connectivity index is 1.51. The molecule has 0 saturated carbocycles. The number of carbonyl (C=O) groups excluding carboxylic acids is 2. The van der Waals surface area contributed by atoms with Crippen LogP contribution < -0.4 is 11.1 Å². The standard InChI is InChI=1S/C17H15ClN8O5S3/c1-31-25-9(12-21-7(18)2-8(19)22-12)13(27)23-10-14(28)26-11(16(29)30)6(3-32-15(10)26)4-33-17-24-20-5-34-17/h2,5,10,15H,3-4H2,1H3,(H,23,27)(H,29,30)(H2,19,21,22)/b25-9-/t10?,15-/m1/s1. The van der Waals surface area contributed by atoms with Crippen LogP contribution in [0.15, 0.2) is 32.3 Å². The maximum atomic E-state index is 12.9. The fourth-order valence-corrected chi connectivity index (χ4v) is 6.36. The topological polar surface area (TPSA) is 186 Å². The van der Waals surface area contributed by atoms with Crippen molar-refractivity contribution in [1.82, 2.24) is 30.4 Å². The molecular formula is C17H15ClN8O5S3. The van der Waals surface area contributed by atoms with Crippen LogP contribution in [0.25, 0.3) is 0 Å². The molecule has 2 atom stereocenters. The lowest BCUT2D eigenvalue weighted by molar-refractivity contribution is -0.150. The molecule has 4 rings (SSSR count). The summed E-state index contributed by atoms with van der Waals surface area (Å²) >= 11 is 9.90. The monoisotopic (exact) mass is 542 g/mol. The summed E-state index contributed by atoms with van der Waals surface area (Å²) in [6, 6.07) is 0.308. The molecule has 2 aliphatic heterocycles. The van der Waals surface area contributed by atoms with Crippen molar-refractivity contribution < 1.29 is 24.3 Å². The molecule has 34 heavy (non-hydrogen) atoms. The third-order valence-electron chi connectivity index (χ3n) is 4.57. The van der Waals surface area contributed by atoms with Gasteiger partial charge >= 0.3 is 5.97 Å². The van der Waals surface area contributed by atoms with Crippen LogP contribution in [0, 0.1) is 0 Å². The van der Waals surface area contributed by atoms with Crippen LogP contribution in [0.5, 0.6) is 0 Å². The molecule has 178 valence electrons. The molecule has 0 spiro atoms. The number of nitrogens with two attached hydrogens (primary N) is 1. The molecule has 0 aromatic carbocycles. The number of halogens is 1. The van der Waals surface area contributed by atoms with E-state index in [2.05, 4.69) is 30.6 Å². The average Bonchev–Trinajstić information content (AvgIpc) is 3.31. The summed E-state index contributed by atoms with van der Waals surface area (Å²) < 4.78 is 0.693. The number of aliphatic carboxylic acids is 1. The molecule has 2 amide bonds. The zero-order chi connectivity index (χ0) is 24.4. The molecule has 0 bridgehead atoms. The minimum absolute atomic E-state index is 0.00972. The zero-order valence-corrected chi connectivity index (χ0v) is 20.4. The van der Waals surface area contributed by atoms with Gasteiger partial charge in [0.1, 0.15) is 40.7 Å². The number of nitrogens with zero attached hydrogens (tertiary/aromatic N) is 6. The molecule has 4 heterocycles. The summed E-state index contributed by atoms with van der Waals surface area (Å²) in [5.41, 5.74) is 7.39. The largest absolute Gasteiger partial charge is 0.477 e. The summed E-state index contributed by atoms with van der Waals surface area (Å²) in [6.07, 6.45) is 0. The van der Waals surface area contributed by atoms with Crippen LogP contribution >= 0.6 is 46.5 Å². The van der Waals surface area contributed by atoms with Gasteiger partial charge in [-0.15, -0.1) is 22.0 Å². The van der Waals surface area contributed by atoms with Crippen molar-refractivity contribution >= 4 is 75.8 Å². The highest BCUT2D eigenvalue weighted by molar-refractivity contribution is 8.01. The van der Waals surface area contributed by atoms with Crippen LogP contribution in [0.2, 0.25) is 5.15 Å². The molecule has 17 heteroatoms. The van der Waals surface area contributed by atoms with Gasteiger partial charge in [0, 0.05) is 17.6 Å². The average molecular weight is 543 g/mol. The molecule has 1 saturated heterocycles. The molecule has 1 fully saturated rings. The van der Waals surface area contributed by atoms with Gasteiger partial charge in [-0.3, -0.25) is 14.5 Å². The van der Waals surface area contributed by atoms with Crippen LogP contribution in [0.1, 0.15) is 5.82 Å². The van der Waals surface area contributed by atoms with Crippen LogP contribution in [0.4, 0.5) is 5.82 Å². The van der Waals surface area contributed by atoms with Crippen molar-refractivity contribution in [1.29, 1.82) is 0 Å². The maximum Gasteiger partial charge on any atom is 0.352 e. The number of anilines is 1. The first-order valence-corrected chi connectivity index (χ1v) is 12.6. The molecule has 0 radical (unpaired) electrons. The Morgan fingerprint density at radius 3 is 2.91 bits per heavy atom. The van der Waals surface area contributed by atoms with Gasteiger partial charge in [-0.2, -0.15) is 0 Å². The first kappa shape index (κ1) is 24.2. The number of aromatic nitrogens is 4. The number of carboxylic acid groups (broad SMARTS) is 1. The van der Waals surface area contributed by atoms with Gasteiger partial charge < -0.3 is 21.0 Å². The van der Waals surface area contributed by atoms with Gasteiger partial charge in [0.05, 0.1) is 0 Å². The Kier molecular flexibility index (Phi) is 7.20. The van der Waals surface area contributed by atoms with Gasteiger partial charge in [-0.25, -0.2) is 14.8 Å². The molecule has 2 aromatic heterocycles. The number of oxime groups is 1. The molecule has 2 aromatic rings. The zero-order valence-electron chi connectivity index (χ0n) is 17.2. The SMILES string of the molecule is CO/N=C(\C(=O)NC1C(=O)N2C(C(=O)O)=C(CSc3nncs3)CS[C@H]12)c1nc(N)cc(Cl)n1. The van der Waals surface area contributed by atoms with Gasteiger partial charge in [-0.1, -0.05) is 39.9 Å². The lowest BCUT2D eigenvalue weighted by atomic mass is 10.0. The summed E-state index contributed by atoms with van der Waals surface area (Å²) in [4.78, 5) is 51.5. The third-order valence-corrected chi connectivity index (χ3v) is 8.05. The van der Waals surface area contributed by atoms with Crippen LogP contribution in [-0.4, -0.2) is 83.7 Å². The normalized spacial score (nSPS) is 20.0. The second-order valence-electron chi connectivity index (χ2n) is 6.67. The molecule has 2 aliphatic rings. The number of amides is 2. The van der Waals surface area contributed by atoms with Gasteiger partial charge in [0.25, 0.3) is 11.8 Å². The van der Waals surface area contributed by atoms with E-state index in [4.69, 9.17) is 22.2 Å². The lowest BCUT2D eigenvalue weighted by Gasteiger charge is -2.49. The predicted molar refractivity (Wildman–Crippen MR) is 125 cm³/mol. The summed E-state index contributed by atoms with van der Waals surface area (Å²) in [5, 5.41) is 23.0. The molecule has 13 nitrogen and oxygen atoms in total. The molecular weight excluding hydrogens is 528 g/mol. The van der Waals surface area contributed by atoms with Crippen molar-refractivity contribution in [2.75, 3.05) is 24.3 Å². The number of carboxylic acids is 1. The Morgan fingerprint density at radius 2 is 2.26 bits per heavy atom. The van der Waals surface area contributed by atoms with Crippen molar-refractivity contribution in [3.8, 4) is 0 Å².